The van der Waals surface area contributed by atoms with Crippen LogP contribution in [-0.4, -0.2) is 42.4 Å². The van der Waals surface area contributed by atoms with Gasteiger partial charge >= 0.3 is 0 Å². The van der Waals surface area contributed by atoms with E-state index in [9.17, 15) is 9.90 Å². The summed E-state index contributed by atoms with van der Waals surface area (Å²) in [5, 5.41) is 10.3. The number of nitrogens with zero attached hydrogens (tertiary/aromatic N) is 1. The zero-order valence-corrected chi connectivity index (χ0v) is 15.0. The maximum Gasteiger partial charge on any atom is 0.233 e. The van der Waals surface area contributed by atoms with E-state index in [4.69, 9.17) is 9.47 Å². The second-order valence-electron chi connectivity index (χ2n) is 5.74. The fourth-order valence-electron chi connectivity index (χ4n) is 2.91. The van der Waals surface area contributed by atoms with Crippen LogP contribution < -0.4 is 9.47 Å². The molecule has 0 spiro atoms. The molecule has 2 atom stereocenters. The Labute approximate surface area is 151 Å². The second-order valence-corrected chi connectivity index (χ2v) is 6.81. The summed E-state index contributed by atoms with van der Waals surface area (Å²) in [6, 6.07) is 14.9. The minimum atomic E-state index is -0.733. The van der Waals surface area contributed by atoms with Gasteiger partial charge in [-0.3, -0.25) is 4.79 Å². The number of ether oxygens (including phenoxy) is 2. The first-order valence-electron chi connectivity index (χ1n) is 8.00. The summed E-state index contributed by atoms with van der Waals surface area (Å²) in [7, 11) is 3.21. The molecule has 5 nitrogen and oxygen atoms in total. The van der Waals surface area contributed by atoms with Gasteiger partial charge in [0.1, 0.15) is 16.9 Å². The number of rotatable bonds is 6. The Hall–Kier alpha value is -2.18. The number of aliphatic hydroxyl groups excluding tert-OH is 1. The predicted molar refractivity (Wildman–Crippen MR) is 97.9 cm³/mol. The van der Waals surface area contributed by atoms with Gasteiger partial charge < -0.3 is 19.5 Å². The molecule has 1 saturated heterocycles. The molecule has 1 aliphatic rings. The summed E-state index contributed by atoms with van der Waals surface area (Å²) in [6.07, 6.45) is -0.733. The van der Waals surface area contributed by atoms with Gasteiger partial charge in [-0.15, -0.1) is 11.8 Å². The van der Waals surface area contributed by atoms with E-state index in [-0.39, 0.29) is 17.8 Å². The van der Waals surface area contributed by atoms with E-state index in [1.54, 1.807) is 19.1 Å². The number of methoxy groups -OCH3 is 2. The SMILES string of the molecule is COc1ccc(OC)c([C@H]2SCC(=O)N2C[C@@H](O)c2ccccc2)c1. The smallest absolute Gasteiger partial charge is 0.233 e. The quantitative estimate of drug-likeness (QED) is 0.859. The fraction of sp³-hybridized carbons (Fsp3) is 0.316. The largest absolute Gasteiger partial charge is 0.497 e. The van der Waals surface area contributed by atoms with Crippen molar-refractivity contribution in [3.8, 4) is 11.5 Å². The molecule has 2 aromatic rings. The number of carbonyl (C=O) groups excluding carboxylic acids is 1. The van der Waals surface area contributed by atoms with Gasteiger partial charge in [-0.05, 0) is 23.8 Å². The van der Waals surface area contributed by atoms with E-state index < -0.39 is 6.10 Å². The lowest BCUT2D eigenvalue weighted by molar-refractivity contribution is -0.129. The maximum absolute atomic E-state index is 12.4. The van der Waals surface area contributed by atoms with E-state index in [2.05, 4.69) is 0 Å². The molecule has 0 saturated carbocycles. The van der Waals surface area contributed by atoms with Crippen LogP contribution >= 0.6 is 11.8 Å². The van der Waals surface area contributed by atoms with Gasteiger partial charge in [0.25, 0.3) is 0 Å². The Morgan fingerprint density at radius 1 is 1.20 bits per heavy atom. The van der Waals surface area contributed by atoms with Gasteiger partial charge in [0.15, 0.2) is 0 Å². The van der Waals surface area contributed by atoms with Gasteiger partial charge in [0, 0.05) is 5.56 Å². The second kappa shape index (κ2) is 7.80. The minimum absolute atomic E-state index is 0.00912. The lowest BCUT2D eigenvalue weighted by atomic mass is 10.1. The summed E-state index contributed by atoms with van der Waals surface area (Å²) in [4.78, 5) is 14.1. The zero-order valence-electron chi connectivity index (χ0n) is 14.2. The van der Waals surface area contributed by atoms with Crippen LogP contribution in [0.25, 0.3) is 0 Å². The Balaban J connectivity index is 1.87. The molecule has 0 unspecified atom stereocenters. The fourth-order valence-corrected chi connectivity index (χ4v) is 4.12. The molecule has 1 amide bonds. The molecule has 1 fully saturated rings. The summed E-state index contributed by atoms with van der Waals surface area (Å²) in [5.41, 5.74) is 1.67. The lowest BCUT2D eigenvalue weighted by Gasteiger charge is -2.28. The number of carbonyl (C=O) groups is 1. The average Bonchev–Trinajstić information content (AvgIpc) is 3.02. The summed E-state index contributed by atoms with van der Waals surface area (Å²) < 4.78 is 10.8. The third-order valence-electron chi connectivity index (χ3n) is 4.22. The van der Waals surface area contributed by atoms with Crippen molar-refractivity contribution in [2.45, 2.75) is 11.5 Å². The number of amides is 1. The molecular weight excluding hydrogens is 338 g/mol. The van der Waals surface area contributed by atoms with Crippen LogP contribution in [0.15, 0.2) is 48.5 Å². The van der Waals surface area contributed by atoms with E-state index in [1.807, 2.05) is 48.5 Å². The highest BCUT2D eigenvalue weighted by Gasteiger charge is 2.36. The van der Waals surface area contributed by atoms with Crippen molar-refractivity contribution in [2.24, 2.45) is 0 Å². The molecule has 0 radical (unpaired) electrons. The first kappa shape index (κ1) is 17.6. The molecule has 2 aromatic carbocycles. The molecule has 1 N–H and O–H groups in total. The monoisotopic (exact) mass is 359 g/mol. The topological polar surface area (TPSA) is 59.0 Å². The van der Waals surface area contributed by atoms with Crippen molar-refractivity contribution >= 4 is 17.7 Å². The van der Waals surface area contributed by atoms with Crippen molar-refractivity contribution in [1.82, 2.24) is 4.90 Å². The molecule has 3 rings (SSSR count). The normalized spacial score (nSPS) is 18.3. The van der Waals surface area contributed by atoms with Crippen LogP contribution in [0.4, 0.5) is 0 Å². The molecule has 6 heteroatoms. The van der Waals surface area contributed by atoms with E-state index in [0.717, 1.165) is 11.1 Å². The van der Waals surface area contributed by atoms with Gasteiger partial charge in [0.2, 0.25) is 5.91 Å². The first-order valence-corrected chi connectivity index (χ1v) is 9.05. The average molecular weight is 359 g/mol. The standard InChI is InChI=1S/C19H21NO4S/c1-23-14-8-9-17(24-2)15(10-14)19-20(18(22)12-25-19)11-16(21)13-6-4-3-5-7-13/h3-10,16,19,21H,11-12H2,1-2H3/t16-,19-/m1/s1. The highest BCUT2D eigenvalue weighted by atomic mass is 32.2. The highest BCUT2D eigenvalue weighted by Crippen LogP contribution is 2.44. The minimum Gasteiger partial charge on any atom is -0.497 e. The van der Waals surface area contributed by atoms with Gasteiger partial charge in [-0.25, -0.2) is 0 Å². The van der Waals surface area contributed by atoms with Crippen molar-refractivity contribution in [3.05, 3.63) is 59.7 Å². The van der Waals surface area contributed by atoms with E-state index in [1.165, 1.54) is 11.8 Å². The third kappa shape index (κ3) is 3.75. The van der Waals surface area contributed by atoms with Crippen LogP contribution in [0.3, 0.4) is 0 Å². The van der Waals surface area contributed by atoms with Crippen molar-refractivity contribution < 1.29 is 19.4 Å². The number of hydrogen-bond donors (Lipinski definition) is 1. The summed E-state index contributed by atoms with van der Waals surface area (Å²) in [6.45, 7) is 0.237. The molecule has 132 valence electrons. The molecule has 1 heterocycles. The lowest BCUT2D eigenvalue weighted by Crippen LogP contribution is -2.32. The molecule has 0 aromatic heterocycles. The molecular formula is C19H21NO4S. The molecule has 0 bridgehead atoms. The Morgan fingerprint density at radius 2 is 1.96 bits per heavy atom. The highest BCUT2D eigenvalue weighted by molar-refractivity contribution is 8.00. The molecule has 0 aliphatic carbocycles. The van der Waals surface area contributed by atoms with Crippen LogP contribution in [0.2, 0.25) is 0 Å². The van der Waals surface area contributed by atoms with Gasteiger partial charge in [-0.2, -0.15) is 0 Å². The molecule has 1 aliphatic heterocycles. The summed E-state index contributed by atoms with van der Waals surface area (Å²) >= 11 is 1.53. The van der Waals surface area contributed by atoms with E-state index >= 15 is 0 Å². The van der Waals surface area contributed by atoms with Gasteiger partial charge in [-0.1, -0.05) is 30.3 Å². The number of aliphatic hydroxyl groups is 1. The number of benzene rings is 2. The summed E-state index contributed by atoms with van der Waals surface area (Å²) in [5.74, 6) is 1.80. The van der Waals surface area contributed by atoms with Gasteiger partial charge in [0.05, 0.1) is 32.6 Å². The van der Waals surface area contributed by atoms with Crippen LogP contribution in [0.5, 0.6) is 11.5 Å². The zero-order chi connectivity index (χ0) is 17.8. The number of β-amino-alcohol motifs (C(OH)–C–C–N with tert-alkyl or cyclic N) is 1. The number of hydrogen-bond acceptors (Lipinski definition) is 5. The van der Waals surface area contributed by atoms with Crippen LogP contribution in [-0.2, 0) is 4.79 Å². The Kier molecular flexibility index (Phi) is 5.50. The van der Waals surface area contributed by atoms with Crippen LogP contribution in [0.1, 0.15) is 22.6 Å². The first-order chi connectivity index (χ1) is 12.1. The third-order valence-corrected chi connectivity index (χ3v) is 5.46. The maximum atomic E-state index is 12.4. The van der Waals surface area contributed by atoms with Crippen LogP contribution in [0, 0.1) is 0 Å². The Morgan fingerprint density at radius 3 is 2.64 bits per heavy atom. The van der Waals surface area contributed by atoms with Crippen molar-refractivity contribution in [1.29, 1.82) is 0 Å². The Bertz CT molecular complexity index is 737. The molecule has 25 heavy (non-hydrogen) atoms. The van der Waals surface area contributed by atoms with E-state index in [0.29, 0.717) is 17.3 Å². The number of thioether (sulfide) groups is 1. The van der Waals surface area contributed by atoms with Crippen molar-refractivity contribution in [3.63, 3.8) is 0 Å². The predicted octanol–water partition coefficient (Wildman–Crippen LogP) is 3.01. The van der Waals surface area contributed by atoms with Crippen molar-refractivity contribution in [2.75, 3.05) is 26.5 Å².